The number of benzene rings is 4. The lowest BCUT2D eigenvalue weighted by molar-refractivity contribution is -0.138. The molecule has 0 spiro atoms. The van der Waals surface area contributed by atoms with Gasteiger partial charge in [-0.2, -0.15) is 0 Å². The second-order valence-electron chi connectivity index (χ2n) is 9.83. The largest absolute Gasteiger partial charge is 0.489 e. The van der Waals surface area contributed by atoms with Crippen LogP contribution in [0, 0.1) is 0 Å². The van der Waals surface area contributed by atoms with Crippen LogP contribution in [0.5, 0.6) is 5.75 Å². The monoisotopic (exact) mass is 606 g/mol. The number of fused-ring (bicyclic) bond motifs is 1. The van der Waals surface area contributed by atoms with Gasteiger partial charge in [0.2, 0.25) is 0 Å². The van der Waals surface area contributed by atoms with E-state index in [1.807, 2.05) is 115 Å². The molecule has 0 saturated carbocycles. The molecule has 4 aromatic carbocycles. The minimum atomic E-state index is -0.706. The molecule has 0 N–H and O–H groups in total. The molecule has 0 aliphatic carbocycles. The molecule has 0 fully saturated rings. The summed E-state index contributed by atoms with van der Waals surface area (Å²) in [4.78, 5) is 33.0. The third-order valence-electron chi connectivity index (χ3n) is 6.96. The lowest BCUT2D eigenvalue weighted by Gasteiger charge is -2.25. The van der Waals surface area contributed by atoms with E-state index in [2.05, 4.69) is 0 Å². The van der Waals surface area contributed by atoms with Crippen molar-refractivity contribution in [2.24, 2.45) is 4.99 Å². The van der Waals surface area contributed by atoms with Crippen LogP contribution in [0.25, 0.3) is 11.8 Å². The van der Waals surface area contributed by atoms with Crippen molar-refractivity contribution in [3.05, 3.63) is 162 Å². The Morgan fingerprint density at radius 1 is 0.953 bits per heavy atom. The number of thiazole rings is 1. The van der Waals surface area contributed by atoms with Gasteiger partial charge in [0.1, 0.15) is 12.4 Å². The van der Waals surface area contributed by atoms with Gasteiger partial charge < -0.3 is 9.47 Å². The molecule has 1 aliphatic heterocycles. The first-order chi connectivity index (χ1) is 21.0. The SMILES string of the molecule is CCOC(=O)C1=C(c2ccccc2)N=c2s/c(=C/c3cccc(OCc4ccc(Cl)cc4)c3)c(=O)n2[C@@H]1c1ccccc1. The zero-order valence-electron chi connectivity index (χ0n) is 23.3. The molecule has 43 heavy (non-hydrogen) atoms. The molecule has 214 valence electrons. The highest BCUT2D eigenvalue weighted by molar-refractivity contribution is 7.07. The molecule has 0 saturated heterocycles. The summed E-state index contributed by atoms with van der Waals surface area (Å²) in [5.74, 6) is 0.174. The lowest BCUT2D eigenvalue weighted by atomic mass is 9.93. The minimum absolute atomic E-state index is 0.201. The fourth-order valence-electron chi connectivity index (χ4n) is 4.98. The van der Waals surface area contributed by atoms with Gasteiger partial charge in [0.05, 0.1) is 28.5 Å². The molecule has 1 atom stereocenters. The molecule has 0 bridgehead atoms. The number of halogens is 1. The maximum atomic E-state index is 14.1. The maximum Gasteiger partial charge on any atom is 0.338 e. The van der Waals surface area contributed by atoms with E-state index in [0.29, 0.717) is 38.0 Å². The second kappa shape index (κ2) is 12.7. The number of carbonyl (C=O) groups excluding carboxylic acids is 1. The maximum absolute atomic E-state index is 14.1. The van der Waals surface area contributed by atoms with E-state index in [0.717, 1.165) is 22.3 Å². The molecule has 0 amide bonds. The zero-order chi connectivity index (χ0) is 29.8. The highest BCUT2D eigenvalue weighted by Crippen LogP contribution is 2.35. The summed E-state index contributed by atoms with van der Waals surface area (Å²) in [7, 11) is 0. The Bertz CT molecular complexity index is 1980. The minimum Gasteiger partial charge on any atom is -0.489 e. The lowest BCUT2D eigenvalue weighted by Crippen LogP contribution is -2.39. The third-order valence-corrected chi connectivity index (χ3v) is 8.20. The third kappa shape index (κ3) is 6.09. The Balaban J connectivity index is 1.46. The zero-order valence-corrected chi connectivity index (χ0v) is 24.8. The van der Waals surface area contributed by atoms with Crippen LogP contribution < -0.4 is 19.6 Å². The summed E-state index contributed by atoms with van der Waals surface area (Å²) in [5, 5.41) is 0.673. The number of hydrogen-bond donors (Lipinski definition) is 0. The average molecular weight is 607 g/mol. The number of aromatic nitrogens is 1. The Morgan fingerprint density at radius 2 is 1.67 bits per heavy atom. The van der Waals surface area contributed by atoms with Crippen LogP contribution in [0.15, 0.2) is 125 Å². The van der Waals surface area contributed by atoms with Gasteiger partial charge in [-0.05, 0) is 54.0 Å². The highest BCUT2D eigenvalue weighted by Gasteiger charge is 2.35. The van der Waals surface area contributed by atoms with Gasteiger partial charge in [-0.3, -0.25) is 9.36 Å². The van der Waals surface area contributed by atoms with Gasteiger partial charge >= 0.3 is 5.97 Å². The van der Waals surface area contributed by atoms with Crippen molar-refractivity contribution in [3.8, 4) is 5.75 Å². The normalized spacial score (nSPS) is 14.7. The van der Waals surface area contributed by atoms with Crippen molar-refractivity contribution in [1.29, 1.82) is 0 Å². The number of hydrogen-bond acceptors (Lipinski definition) is 6. The van der Waals surface area contributed by atoms with Gasteiger partial charge in [0.25, 0.3) is 5.56 Å². The average Bonchev–Trinajstić information content (AvgIpc) is 3.35. The standard InChI is InChI=1S/C35H27ClN2O4S/c1-2-41-34(40)30-31(25-11-5-3-6-12-25)37-35-38(32(30)26-13-7-4-8-14-26)33(39)29(43-35)21-24-10-9-15-28(20-24)42-22-23-16-18-27(36)19-17-23/h3-21,32H,2,22H2,1H3/b29-21+/t32-/m1/s1. The van der Waals surface area contributed by atoms with Crippen molar-refractivity contribution < 1.29 is 14.3 Å². The molecule has 8 heteroatoms. The molecule has 0 unspecified atom stereocenters. The van der Waals surface area contributed by atoms with E-state index in [4.69, 9.17) is 26.1 Å². The Morgan fingerprint density at radius 3 is 2.40 bits per heavy atom. The number of esters is 1. The van der Waals surface area contributed by atoms with Crippen LogP contribution in [0.2, 0.25) is 5.02 Å². The number of carbonyl (C=O) groups is 1. The van der Waals surface area contributed by atoms with Crippen molar-refractivity contribution in [2.45, 2.75) is 19.6 Å². The van der Waals surface area contributed by atoms with Gasteiger partial charge in [0.15, 0.2) is 4.80 Å². The molecule has 0 radical (unpaired) electrons. The summed E-state index contributed by atoms with van der Waals surface area (Å²) in [6, 6.07) is 33.4. The van der Waals surface area contributed by atoms with Gasteiger partial charge in [-0.15, -0.1) is 0 Å². The first kappa shape index (κ1) is 28.4. The first-order valence-corrected chi connectivity index (χ1v) is 15.0. The van der Waals surface area contributed by atoms with Crippen molar-refractivity contribution in [1.82, 2.24) is 4.57 Å². The first-order valence-electron chi connectivity index (χ1n) is 13.8. The van der Waals surface area contributed by atoms with Crippen LogP contribution in [0.1, 0.15) is 35.2 Å². The van der Waals surface area contributed by atoms with Crippen molar-refractivity contribution >= 4 is 40.7 Å². The number of rotatable bonds is 8. The van der Waals surface area contributed by atoms with Crippen molar-refractivity contribution in [2.75, 3.05) is 6.61 Å². The number of ether oxygens (including phenoxy) is 2. The predicted molar refractivity (Wildman–Crippen MR) is 170 cm³/mol. The molecule has 6 nitrogen and oxygen atoms in total. The molecule has 2 heterocycles. The summed E-state index contributed by atoms with van der Waals surface area (Å²) >= 11 is 7.28. The van der Waals surface area contributed by atoms with E-state index >= 15 is 0 Å². The van der Waals surface area contributed by atoms with Crippen molar-refractivity contribution in [3.63, 3.8) is 0 Å². The molecule has 5 aromatic rings. The molecular weight excluding hydrogens is 580 g/mol. The fraction of sp³-hybridized carbons (Fsp3) is 0.114. The van der Waals surface area contributed by atoms with Crippen LogP contribution in [-0.4, -0.2) is 17.1 Å². The fourth-order valence-corrected chi connectivity index (χ4v) is 6.11. The summed E-state index contributed by atoms with van der Waals surface area (Å²) in [6.07, 6.45) is 1.83. The predicted octanol–water partition coefficient (Wildman–Crippen LogP) is 6.17. The summed E-state index contributed by atoms with van der Waals surface area (Å²) < 4.78 is 13.6. The Kier molecular flexibility index (Phi) is 8.36. The topological polar surface area (TPSA) is 69.9 Å². The van der Waals surface area contributed by atoms with E-state index in [-0.39, 0.29) is 12.2 Å². The Labute approximate surface area is 257 Å². The molecule has 6 rings (SSSR count). The quantitative estimate of drug-likeness (QED) is 0.198. The Hall–Kier alpha value is -4.72. The highest BCUT2D eigenvalue weighted by atomic mass is 35.5. The molecular formula is C35H27ClN2O4S. The van der Waals surface area contributed by atoms with E-state index in [9.17, 15) is 9.59 Å². The van der Waals surface area contributed by atoms with E-state index in [1.54, 1.807) is 11.5 Å². The molecule has 1 aromatic heterocycles. The summed E-state index contributed by atoms with van der Waals surface area (Å²) in [6.45, 7) is 2.35. The van der Waals surface area contributed by atoms with E-state index in [1.165, 1.54) is 11.3 Å². The van der Waals surface area contributed by atoms with Crippen LogP contribution in [-0.2, 0) is 16.1 Å². The van der Waals surface area contributed by atoms with E-state index < -0.39 is 12.0 Å². The van der Waals surface area contributed by atoms with Gasteiger partial charge in [-0.1, -0.05) is 108 Å². The smallest absolute Gasteiger partial charge is 0.338 e. The van der Waals surface area contributed by atoms with Gasteiger partial charge in [-0.25, -0.2) is 9.79 Å². The van der Waals surface area contributed by atoms with Gasteiger partial charge in [0, 0.05) is 10.6 Å². The van der Waals surface area contributed by atoms with Crippen LogP contribution in [0.3, 0.4) is 0 Å². The summed E-state index contributed by atoms with van der Waals surface area (Å²) in [5.41, 5.74) is 3.96. The van der Waals surface area contributed by atoms with Crippen LogP contribution >= 0.6 is 22.9 Å². The number of nitrogens with zero attached hydrogens (tertiary/aromatic N) is 2. The second-order valence-corrected chi connectivity index (χ2v) is 11.3. The molecule has 1 aliphatic rings. The van der Waals surface area contributed by atoms with Crippen LogP contribution in [0.4, 0.5) is 0 Å².